The third-order valence-corrected chi connectivity index (χ3v) is 3.12. The fourth-order valence-corrected chi connectivity index (χ4v) is 2.11. The Labute approximate surface area is 146 Å². The minimum Gasteiger partial charge on any atom is -0.483 e. The zero-order valence-corrected chi connectivity index (χ0v) is 15.6. The van der Waals surface area contributed by atoms with E-state index in [0.29, 0.717) is 0 Å². The summed E-state index contributed by atoms with van der Waals surface area (Å²) in [6.45, 7) is 9.89. The largest absolute Gasteiger partial charge is 0.483 e. The lowest BCUT2D eigenvalue weighted by Crippen LogP contribution is -2.43. The number of ether oxygens (including phenoxy) is 1. The molecule has 2 N–H and O–H groups in total. The minimum atomic E-state index is -0.235. The first-order chi connectivity index (χ1) is 10.4. The van der Waals surface area contributed by atoms with Gasteiger partial charge in [0.25, 0.3) is 5.91 Å². The van der Waals surface area contributed by atoms with Gasteiger partial charge in [0.15, 0.2) is 6.61 Å². The smallest absolute Gasteiger partial charge is 0.258 e. The second-order valence-corrected chi connectivity index (χ2v) is 6.58. The zero-order valence-electron chi connectivity index (χ0n) is 14.8. The van der Waals surface area contributed by atoms with Gasteiger partial charge in [-0.3, -0.25) is 4.79 Å². The fraction of sp³-hybridized carbons (Fsp3) is 0.611. The van der Waals surface area contributed by atoms with Gasteiger partial charge in [-0.2, -0.15) is 0 Å². The first-order valence-electron chi connectivity index (χ1n) is 8.15. The first-order valence-corrected chi connectivity index (χ1v) is 8.15. The van der Waals surface area contributed by atoms with E-state index in [-0.39, 0.29) is 30.5 Å². The molecule has 1 aromatic carbocycles. The van der Waals surface area contributed by atoms with Crippen LogP contribution in [0.25, 0.3) is 0 Å². The summed E-state index contributed by atoms with van der Waals surface area (Å²) in [6.07, 6.45) is 3.66. The molecule has 5 heteroatoms. The summed E-state index contributed by atoms with van der Waals surface area (Å²) >= 11 is 0. The van der Waals surface area contributed by atoms with Crippen molar-refractivity contribution in [2.45, 2.75) is 59.0 Å². The maximum atomic E-state index is 11.8. The maximum Gasteiger partial charge on any atom is 0.258 e. The van der Waals surface area contributed by atoms with E-state index in [1.165, 1.54) is 19.3 Å². The summed E-state index contributed by atoms with van der Waals surface area (Å²) < 4.78 is 5.67. The number of hydrogen-bond donors (Lipinski definition) is 2. The van der Waals surface area contributed by atoms with Crippen LogP contribution in [0, 0.1) is 0 Å². The summed E-state index contributed by atoms with van der Waals surface area (Å²) in [5.41, 5.74) is 0.850. The number of carbonyl (C=O) groups excluding carboxylic acids is 1. The number of amides is 1. The number of halogens is 1. The highest BCUT2D eigenvalue weighted by Gasteiger charge is 2.14. The lowest BCUT2D eigenvalue weighted by atomic mass is 10.1. The van der Waals surface area contributed by atoms with E-state index in [2.05, 4.69) is 17.6 Å². The normalized spacial score (nSPS) is 10.8. The Morgan fingerprint density at radius 2 is 1.87 bits per heavy atom. The van der Waals surface area contributed by atoms with Gasteiger partial charge in [-0.1, -0.05) is 38.0 Å². The van der Waals surface area contributed by atoms with Gasteiger partial charge in [-0.05, 0) is 39.8 Å². The van der Waals surface area contributed by atoms with Crippen LogP contribution in [0.5, 0.6) is 5.75 Å². The molecule has 0 aliphatic heterocycles. The molecule has 23 heavy (non-hydrogen) atoms. The maximum absolute atomic E-state index is 11.8. The van der Waals surface area contributed by atoms with Crippen molar-refractivity contribution >= 4 is 18.3 Å². The van der Waals surface area contributed by atoms with Gasteiger partial charge in [0.1, 0.15) is 5.75 Å². The van der Waals surface area contributed by atoms with Gasteiger partial charge in [0, 0.05) is 17.6 Å². The quantitative estimate of drug-likeness (QED) is 0.673. The third-order valence-electron chi connectivity index (χ3n) is 3.12. The van der Waals surface area contributed by atoms with Crippen LogP contribution in [0.15, 0.2) is 24.3 Å². The Kier molecular flexibility index (Phi) is 10.7. The SMILES string of the molecule is CCCCCNCc1ccccc1OCC(=O)NC(C)(C)C.Cl. The summed E-state index contributed by atoms with van der Waals surface area (Å²) in [7, 11) is 0. The Hall–Kier alpha value is -1.26. The zero-order chi connectivity index (χ0) is 16.4. The van der Waals surface area contributed by atoms with Gasteiger partial charge in [-0.15, -0.1) is 12.4 Å². The molecule has 0 spiro atoms. The molecule has 0 heterocycles. The predicted molar refractivity (Wildman–Crippen MR) is 98.3 cm³/mol. The van der Waals surface area contributed by atoms with Crippen LogP contribution in [0.3, 0.4) is 0 Å². The second-order valence-electron chi connectivity index (χ2n) is 6.58. The van der Waals surface area contributed by atoms with Crippen LogP contribution in [0.4, 0.5) is 0 Å². The summed E-state index contributed by atoms with van der Waals surface area (Å²) in [5.74, 6) is 0.674. The van der Waals surface area contributed by atoms with Crippen molar-refractivity contribution in [1.29, 1.82) is 0 Å². The minimum absolute atomic E-state index is 0. The lowest BCUT2D eigenvalue weighted by molar-refractivity contribution is -0.124. The molecule has 0 aliphatic rings. The molecule has 1 rings (SSSR count). The Morgan fingerprint density at radius 3 is 2.52 bits per heavy atom. The van der Waals surface area contributed by atoms with E-state index < -0.39 is 0 Å². The monoisotopic (exact) mass is 342 g/mol. The number of carbonyl (C=O) groups is 1. The topological polar surface area (TPSA) is 50.4 Å². The molecule has 0 bridgehead atoms. The molecule has 0 unspecified atom stereocenters. The molecule has 1 amide bonds. The van der Waals surface area contributed by atoms with Crippen LogP contribution >= 0.6 is 12.4 Å². The molecule has 0 atom stereocenters. The van der Waals surface area contributed by atoms with Crippen molar-refractivity contribution in [3.63, 3.8) is 0 Å². The molecule has 1 aromatic rings. The van der Waals surface area contributed by atoms with Crippen LogP contribution in [0.1, 0.15) is 52.5 Å². The average Bonchev–Trinajstić information content (AvgIpc) is 2.44. The number of nitrogens with one attached hydrogen (secondary N) is 2. The van der Waals surface area contributed by atoms with Crippen molar-refractivity contribution in [2.24, 2.45) is 0 Å². The average molecular weight is 343 g/mol. The molecule has 4 nitrogen and oxygen atoms in total. The summed E-state index contributed by atoms with van der Waals surface area (Å²) in [6, 6.07) is 7.86. The molecular formula is C18H31ClN2O2. The molecular weight excluding hydrogens is 312 g/mol. The molecule has 0 fully saturated rings. The van der Waals surface area contributed by atoms with Gasteiger partial charge >= 0.3 is 0 Å². The standard InChI is InChI=1S/C18H30N2O2.ClH/c1-5-6-9-12-19-13-15-10-7-8-11-16(15)22-14-17(21)20-18(2,3)4;/h7-8,10-11,19H,5-6,9,12-14H2,1-4H3,(H,20,21);1H. The van der Waals surface area contributed by atoms with Gasteiger partial charge in [0.05, 0.1) is 0 Å². The number of para-hydroxylation sites is 1. The molecule has 0 aromatic heterocycles. The number of unbranched alkanes of at least 4 members (excludes halogenated alkanes) is 2. The lowest BCUT2D eigenvalue weighted by Gasteiger charge is -2.20. The highest BCUT2D eigenvalue weighted by molar-refractivity contribution is 5.85. The van der Waals surface area contributed by atoms with Crippen LogP contribution in [-0.4, -0.2) is 24.6 Å². The van der Waals surface area contributed by atoms with E-state index >= 15 is 0 Å². The fourth-order valence-electron chi connectivity index (χ4n) is 2.11. The van der Waals surface area contributed by atoms with Gasteiger partial charge in [0.2, 0.25) is 0 Å². The van der Waals surface area contributed by atoms with E-state index in [1.807, 2.05) is 45.0 Å². The Morgan fingerprint density at radius 1 is 1.17 bits per heavy atom. The van der Waals surface area contributed by atoms with Crippen molar-refractivity contribution in [2.75, 3.05) is 13.2 Å². The van der Waals surface area contributed by atoms with E-state index in [0.717, 1.165) is 24.4 Å². The first kappa shape index (κ1) is 21.7. The molecule has 0 saturated heterocycles. The van der Waals surface area contributed by atoms with Crippen molar-refractivity contribution in [3.05, 3.63) is 29.8 Å². The number of hydrogen-bond acceptors (Lipinski definition) is 3. The van der Waals surface area contributed by atoms with Crippen LogP contribution in [0.2, 0.25) is 0 Å². The second kappa shape index (κ2) is 11.3. The van der Waals surface area contributed by atoms with E-state index in [4.69, 9.17) is 4.74 Å². The number of benzene rings is 1. The van der Waals surface area contributed by atoms with Crippen LogP contribution in [-0.2, 0) is 11.3 Å². The molecule has 0 radical (unpaired) electrons. The number of rotatable bonds is 9. The van der Waals surface area contributed by atoms with Crippen LogP contribution < -0.4 is 15.4 Å². The van der Waals surface area contributed by atoms with Crippen molar-refractivity contribution in [1.82, 2.24) is 10.6 Å². The van der Waals surface area contributed by atoms with E-state index in [1.54, 1.807) is 0 Å². The Balaban J connectivity index is 0.00000484. The van der Waals surface area contributed by atoms with E-state index in [9.17, 15) is 4.79 Å². The predicted octanol–water partition coefficient (Wildman–Crippen LogP) is 3.68. The van der Waals surface area contributed by atoms with Crippen molar-refractivity contribution in [3.8, 4) is 5.75 Å². The highest BCUT2D eigenvalue weighted by Crippen LogP contribution is 2.17. The molecule has 0 saturated carbocycles. The van der Waals surface area contributed by atoms with Gasteiger partial charge < -0.3 is 15.4 Å². The Bertz CT molecular complexity index is 459. The summed E-state index contributed by atoms with van der Waals surface area (Å²) in [5, 5.41) is 6.32. The van der Waals surface area contributed by atoms with Gasteiger partial charge in [-0.25, -0.2) is 0 Å². The third kappa shape index (κ3) is 10.2. The molecule has 0 aliphatic carbocycles. The summed E-state index contributed by atoms with van der Waals surface area (Å²) in [4.78, 5) is 11.8. The highest BCUT2D eigenvalue weighted by atomic mass is 35.5. The molecule has 132 valence electrons. The van der Waals surface area contributed by atoms with Crippen molar-refractivity contribution < 1.29 is 9.53 Å².